The smallest absolute Gasteiger partial charge is 0.237 e. The zero-order valence-electron chi connectivity index (χ0n) is 14.1. The van der Waals surface area contributed by atoms with Gasteiger partial charge in [0.1, 0.15) is 0 Å². The fourth-order valence-corrected chi connectivity index (χ4v) is 3.48. The van der Waals surface area contributed by atoms with Gasteiger partial charge in [-0.25, -0.2) is 8.42 Å². The molecule has 0 aliphatic carbocycles. The summed E-state index contributed by atoms with van der Waals surface area (Å²) in [6.45, 7) is 1.81. The molecular formula is C17H19ClN2O3S2. The summed E-state index contributed by atoms with van der Waals surface area (Å²) < 4.78 is 24.4. The first-order valence-corrected chi connectivity index (χ1v) is 10.5. The summed E-state index contributed by atoms with van der Waals surface area (Å²) in [5.41, 5.74) is 1.03. The van der Waals surface area contributed by atoms with E-state index in [0.29, 0.717) is 16.4 Å². The molecule has 5 nitrogen and oxygen atoms in total. The number of amides is 1. The number of hydrogen-bond acceptors (Lipinski definition) is 4. The lowest BCUT2D eigenvalue weighted by molar-refractivity contribution is -0.115. The van der Waals surface area contributed by atoms with E-state index in [9.17, 15) is 13.2 Å². The average Bonchev–Trinajstić information content (AvgIpc) is 2.55. The molecule has 0 unspecified atom stereocenters. The monoisotopic (exact) mass is 398 g/mol. The van der Waals surface area contributed by atoms with Crippen LogP contribution in [0, 0.1) is 0 Å². The van der Waals surface area contributed by atoms with Crippen molar-refractivity contribution in [1.29, 1.82) is 0 Å². The summed E-state index contributed by atoms with van der Waals surface area (Å²) >= 11 is 7.27. The number of thioether (sulfide) groups is 1. The number of carbonyl (C=O) groups excluding carboxylic acids is 1. The van der Waals surface area contributed by atoms with E-state index >= 15 is 0 Å². The highest BCUT2D eigenvalue weighted by molar-refractivity contribution is 8.00. The first-order valence-electron chi connectivity index (χ1n) is 7.44. The van der Waals surface area contributed by atoms with Gasteiger partial charge in [-0.05, 0) is 49.4 Å². The van der Waals surface area contributed by atoms with Crippen LogP contribution >= 0.6 is 23.4 Å². The van der Waals surface area contributed by atoms with Crippen LogP contribution in [0.15, 0.2) is 53.4 Å². The minimum Gasteiger partial charge on any atom is -0.325 e. The molecule has 1 N–H and O–H groups in total. The van der Waals surface area contributed by atoms with Crippen LogP contribution in [0.1, 0.15) is 6.92 Å². The van der Waals surface area contributed by atoms with Gasteiger partial charge in [0.25, 0.3) is 0 Å². The van der Waals surface area contributed by atoms with E-state index in [4.69, 9.17) is 11.6 Å². The molecule has 8 heteroatoms. The Kier molecular flexibility index (Phi) is 6.37. The van der Waals surface area contributed by atoms with Crippen molar-refractivity contribution in [3.05, 3.63) is 53.6 Å². The number of carbonyl (C=O) groups is 1. The molecule has 0 spiro atoms. The second-order valence-electron chi connectivity index (χ2n) is 5.48. The zero-order chi connectivity index (χ0) is 18.6. The Morgan fingerprint density at radius 2 is 1.84 bits per heavy atom. The summed E-state index contributed by atoms with van der Waals surface area (Å²) in [7, 11) is -1.89. The minimum atomic E-state index is -3.36. The van der Waals surface area contributed by atoms with Gasteiger partial charge in [-0.15, -0.1) is 11.8 Å². The lowest BCUT2D eigenvalue weighted by Crippen LogP contribution is -2.25. The van der Waals surface area contributed by atoms with E-state index < -0.39 is 10.0 Å². The first-order chi connectivity index (χ1) is 11.7. The van der Waals surface area contributed by atoms with Gasteiger partial charge in [-0.3, -0.25) is 9.10 Å². The van der Waals surface area contributed by atoms with Crippen LogP contribution < -0.4 is 9.62 Å². The number of sulfonamides is 1. The Hall–Kier alpha value is -1.70. The Labute approximate surface area is 157 Å². The number of nitrogens with zero attached hydrogens (tertiary/aromatic N) is 1. The molecule has 1 atom stereocenters. The highest BCUT2D eigenvalue weighted by Gasteiger charge is 2.16. The third-order valence-electron chi connectivity index (χ3n) is 3.47. The fraction of sp³-hybridized carbons (Fsp3) is 0.235. The number of halogens is 1. The molecule has 0 saturated carbocycles. The summed E-state index contributed by atoms with van der Waals surface area (Å²) in [5, 5.41) is 3.14. The maximum atomic E-state index is 12.4. The molecule has 0 heterocycles. The Balaban J connectivity index is 2.06. The van der Waals surface area contributed by atoms with Gasteiger partial charge in [0, 0.05) is 22.7 Å². The summed E-state index contributed by atoms with van der Waals surface area (Å²) in [4.78, 5) is 13.3. The van der Waals surface area contributed by atoms with E-state index in [1.807, 2.05) is 12.1 Å². The number of nitrogens with one attached hydrogen (secondary N) is 1. The predicted octanol–water partition coefficient (Wildman–Crippen LogP) is 3.86. The van der Waals surface area contributed by atoms with E-state index in [1.54, 1.807) is 43.3 Å². The molecule has 0 saturated heterocycles. The third-order valence-corrected chi connectivity index (χ3v) is 6.04. The molecule has 0 fully saturated rings. The molecule has 2 aromatic rings. The Bertz CT molecular complexity index is 854. The van der Waals surface area contributed by atoms with Gasteiger partial charge in [-0.1, -0.05) is 17.7 Å². The standard InChI is InChI=1S/C17H19ClN2O3S2/c1-12(24-16-9-7-13(18)8-10-16)17(21)19-14-5-4-6-15(11-14)20(2)25(3,22)23/h4-12H,1-3H3,(H,19,21)/t12-/m1/s1. The molecule has 0 aliphatic heterocycles. The van der Waals surface area contributed by atoms with Gasteiger partial charge in [0.15, 0.2) is 0 Å². The largest absolute Gasteiger partial charge is 0.325 e. The van der Waals surface area contributed by atoms with E-state index in [0.717, 1.165) is 15.5 Å². The minimum absolute atomic E-state index is 0.167. The van der Waals surface area contributed by atoms with Crippen molar-refractivity contribution < 1.29 is 13.2 Å². The third kappa shape index (κ3) is 5.66. The summed E-state index contributed by atoms with van der Waals surface area (Å²) in [5.74, 6) is -0.167. The van der Waals surface area contributed by atoms with Gasteiger partial charge in [0.2, 0.25) is 15.9 Å². The highest BCUT2D eigenvalue weighted by Crippen LogP contribution is 2.26. The fourth-order valence-electron chi connectivity index (χ4n) is 1.99. The SMILES string of the molecule is C[C@@H](Sc1ccc(Cl)cc1)C(=O)Nc1cccc(N(C)S(C)(=O)=O)c1. The van der Waals surface area contributed by atoms with E-state index in [2.05, 4.69) is 5.32 Å². The maximum absolute atomic E-state index is 12.4. The zero-order valence-corrected chi connectivity index (χ0v) is 16.5. The van der Waals surface area contributed by atoms with Gasteiger partial charge < -0.3 is 5.32 Å². The lowest BCUT2D eigenvalue weighted by Gasteiger charge is -2.18. The van der Waals surface area contributed by atoms with Crippen LogP contribution in [0.5, 0.6) is 0 Å². The molecule has 0 bridgehead atoms. The van der Waals surface area contributed by atoms with Crippen LogP contribution in [0.3, 0.4) is 0 Å². The van der Waals surface area contributed by atoms with E-state index in [-0.39, 0.29) is 11.2 Å². The van der Waals surface area contributed by atoms with Crippen molar-refractivity contribution >= 4 is 50.7 Å². The van der Waals surface area contributed by atoms with Crippen LogP contribution in [0.2, 0.25) is 5.02 Å². The van der Waals surface area contributed by atoms with Crippen molar-refractivity contribution in [1.82, 2.24) is 0 Å². The Morgan fingerprint density at radius 1 is 1.20 bits per heavy atom. The number of benzene rings is 2. The molecule has 1 amide bonds. The first kappa shape index (κ1) is 19.6. The molecular weight excluding hydrogens is 380 g/mol. The average molecular weight is 399 g/mol. The summed E-state index contributed by atoms with van der Waals surface area (Å²) in [6.07, 6.45) is 1.13. The Morgan fingerprint density at radius 3 is 2.44 bits per heavy atom. The van der Waals surface area contributed by atoms with Crippen LogP contribution in [0.25, 0.3) is 0 Å². The van der Waals surface area contributed by atoms with Crippen LogP contribution in [-0.4, -0.2) is 32.9 Å². The lowest BCUT2D eigenvalue weighted by atomic mass is 10.2. The molecule has 25 heavy (non-hydrogen) atoms. The number of anilines is 2. The summed E-state index contributed by atoms with van der Waals surface area (Å²) in [6, 6.07) is 14.0. The van der Waals surface area contributed by atoms with Gasteiger partial charge in [-0.2, -0.15) is 0 Å². The number of rotatable bonds is 6. The molecule has 0 aliphatic rings. The molecule has 0 radical (unpaired) electrons. The van der Waals surface area contributed by atoms with Crippen molar-refractivity contribution in [2.24, 2.45) is 0 Å². The molecule has 134 valence electrons. The quantitative estimate of drug-likeness (QED) is 0.750. The second kappa shape index (κ2) is 8.12. The maximum Gasteiger partial charge on any atom is 0.237 e. The van der Waals surface area contributed by atoms with Gasteiger partial charge >= 0.3 is 0 Å². The number of hydrogen-bond donors (Lipinski definition) is 1. The second-order valence-corrected chi connectivity index (χ2v) is 9.35. The predicted molar refractivity (Wildman–Crippen MR) is 105 cm³/mol. The van der Waals surface area contributed by atoms with Crippen molar-refractivity contribution in [3.63, 3.8) is 0 Å². The van der Waals surface area contributed by atoms with Crippen LogP contribution in [-0.2, 0) is 14.8 Å². The normalized spacial score (nSPS) is 12.5. The van der Waals surface area contributed by atoms with Crippen molar-refractivity contribution in [2.75, 3.05) is 22.9 Å². The van der Waals surface area contributed by atoms with Crippen molar-refractivity contribution in [2.45, 2.75) is 17.1 Å². The molecule has 2 aromatic carbocycles. The van der Waals surface area contributed by atoms with Crippen molar-refractivity contribution in [3.8, 4) is 0 Å². The topological polar surface area (TPSA) is 66.5 Å². The highest BCUT2D eigenvalue weighted by atomic mass is 35.5. The van der Waals surface area contributed by atoms with Crippen LogP contribution in [0.4, 0.5) is 11.4 Å². The molecule has 0 aromatic heterocycles. The molecule has 2 rings (SSSR count). The van der Waals surface area contributed by atoms with Gasteiger partial charge in [0.05, 0.1) is 17.2 Å². The van der Waals surface area contributed by atoms with E-state index in [1.165, 1.54) is 18.8 Å².